The number of amides is 2. The molecule has 12 heteroatoms. The molecule has 1 aromatic carbocycles. The minimum Gasteiger partial charge on any atom is -0.481 e. The largest absolute Gasteiger partial charge is 0.481 e. The van der Waals surface area contributed by atoms with Crippen LogP contribution in [0.1, 0.15) is 49.3 Å². The normalized spacial score (nSPS) is 17.3. The number of carbonyl (C=O) groups is 3. The summed E-state index contributed by atoms with van der Waals surface area (Å²) in [6.07, 6.45) is -3.30. The van der Waals surface area contributed by atoms with Crippen LogP contribution in [0.5, 0.6) is 0 Å². The van der Waals surface area contributed by atoms with Crippen molar-refractivity contribution < 1.29 is 32.7 Å². The van der Waals surface area contributed by atoms with E-state index in [2.05, 4.69) is 20.9 Å². The van der Waals surface area contributed by atoms with Crippen molar-refractivity contribution in [2.45, 2.75) is 44.3 Å². The first-order chi connectivity index (χ1) is 16.6. The lowest BCUT2D eigenvalue weighted by molar-refractivity contribution is -0.139. The highest BCUT2D eigenvalue weighted by atomic mass is 19.4. The van der Waals surface area contributed by atoms with Gasteiger partial charge in [-0.15, -0.1) is 0 Å². The molecule has 4 N–H and O–H groups in total. The van der Waals surface area contributed by atoms with Gasteiger partial charge in [-0.2, -0.15) is 13.2 Å². The summed E-state index contributed by atoms with van der Waals surface area (Å²) in [5.41, 5.74) is -0.829. The maximum atomic E-state index is 13.1. The number of rotatable bonds is 9. The first-order valence-electron chi connectivity index (χ1n) is 11.6. The average molecular weight is 498 g/mol. The van der Waals surface area contributed by atoms with Gasteiger partial charge in [0.1, 0.15) is 0 Å². The van der Waals surface area contributed by atoms with E-state index in [-0.39, 0.29) is 11.5 Å². The minimum absolute atomic E-state index is 0.000280. The maximum absolute atomic E-state index is 13.1. The van der Waals surface area contributed by atoms with Gasteiger partial charge in [-0.25, -0.2) is 0 Å². The number of piperidine rings is 1. The summed E-state index contributed by atoms with van der Waals surface area (Å²) in [6, 6.07) is 3.23. The van der Waals surface area contributed by atoms with E-state index in [0.717, 1.165) is 31.2 Å². The first-order valence-corrected chi connectivity index (χ1v) is 11.6. The van der Waals surface area contributed by atoms with Gasteiger partial charge in [0.05, 0.1) is 24.6 Å². The summed E-state index contributed by atoms with van der Waals surface area (Å²) in [5.74, 6) is -1.36. The molecule has 2 amide bonds. The smallest absolute Gasteiger partial charge is 0.416 e. The second-order valence-electron chi connectivity index (χ2n) is 8.62. The molecule has 0 saturated carbocycles. The number of likely N-dealkylation sites (tertiary alicyclic amines) is 1. The van der Waals surface area contributed by atoms with E-state index in [1.807, 2.05) is 0 Å². The molecule has 3 rings (SSSR count). The predicted molar refractivity (Wildman–Crippen MR) is 121 cm³/mol. The van der Waals surface area contributed by atoms with Gasteiger partial charge in [0.25, 0.3) is 0 Å². The van der Waals surface area contributed by atoms with Crippen molar-refractivity contribution in [2.75, 3.05) is 32.7 Å². The third-order valence-corrected chi connectivity index (χ3v) is 6.06. The third-order valence-electron chi connectivity index (χ3n) is 6.06. The Morgan fingerprint density at radius 2 is 1.97 bits per heavy atom. The Labute approximate surface area is 201 Å². The zero-order chi connectivity index (χ0) is 25.4. The number of alkyl halides is 3. The van der Waals surface area contributed by atoms with Gasteiger partial charge in [-0.1, -0.05) is 12.1 Å². The topological polar surface area (TPSA) is 123 Å². The molecule has 35 heavy (non-hydrogen) atoms. The van der Waals surface area contributed by atoms with Crippen molar-refractivity contribution in [3.8, 4) is 0 Å². The van der Waals surface area contributed by atoms with Gasteiger partial charge in [-0.3, -0.25) is 19.4 Å². The number of halogens is 3. The molecule has 0 aromatic heterocycles. The number of nitrogens with zero attached hydrogens (tertiary/aromatic N) is 2. The Morgan fingerprint density at radius 3 is 2.60 bits per heavy atom. The van der Waals surface area contributed by atoms with E-state index >= 15 is 0 Å². The molecule has 2 aliphatic rings. The third kappa shape index (κ3) is 7.86. The summed E-state index contributed by atoms with van der Waals surface area (Å²) in [7, 11) is 0. The average Bonchev–Trinajstić information content (AvgIpc) is 3.34. The van der Waals surface area contributed by atoms with E-state index in [1.165, 1.54) is 12.1 Å². The number of guanidine groups is 1. The van der Waals surface area contributed by atoms with Crippen LogP contribution in [-0.4, -0.2) is 66.5 Å². The lowest BCUT2D eigenvalue weighted by Crippen LogP contribution is -2.44. The zero-order valence-electron chi connectivity index (χ0n) is 19.2. The summed E-state index contributed by atoms with van der Waals surface area (Å²) >= 11 is 0. The molecule has 0 aliphatic carbocycles. The van der Waals surface area contributed by atoms with E-state index < -0.39 is 42.0 Å². The molecule has 2 aliphatic heterocycles. The molecule has 1 aromatic rings. The number of nitrogens with one attached hydrogen (secondary N) is 3. The van der Waals surface area contributed by atoms with Crippen LogP contribution in [0.3, 0.4) is 0 Å². The highest BCUT2D eigenvalue weighted by Gasteiger charge is 2.32. The van der Waals surface area contributed by atoms with Gasteiger partial charge >= 0.3 is 12.1 Å². The SMILES string of the molecule is O=C(O)CC(NC(=O)C1CCN(C(=O)CCCNC2=NCCN2)CC1)c1cccc(C(F)(F)F)c1. The maximum Gasteiger partial charge on any atom is 0.416 e. The Balaban J connectivity index is 1.49. The lowest BCUT2D eigenvalue weighted by atomic mass is 9.94. The second-order valence-corrected chi connectivity index (χ2v) is 8.62. The van der Waals surface area contributed by atoms with Crippen LogP contribution in [0.4, 0.5) is 13.2 Å². The number of hydrogen-bond acceptors (Lipinski definition) is 6. The van der Waals surface area contributed by atoms with Gasteiger partial charge in [0, 0.05) is 38.5 Å². The quantitative estimate of drug-likeness (QED) is 0.387. The van der Waals surface area contributed by atoms with Gasteiger partial charge in [-0.05, 0) is 37.0 Å². The number of hydrogen-bond donors (Lipinski definition) is 4. The monoisotopic (exact) mass is 497 g/mol. The van der Waals surface area contributed by atoms with Gasteiger partial charge in [0.15, 0.2) is 5.96 Å². The molecular formula is C23H30F3N5O4. The van der Waals surface area contributed by atoms with Crippen LogP contribution in [0, 0.1) is 5.92 Å². The van der Waals surface area contributed by atoms with Crippen LogP contribution in [0.25, 0.3) is 0 Å². The number of carbonyl (C=O) groups excluding carboxylic acids is 2. The molecule has 1 saturated heterocycles. The predicted octanol–water partition coefficient (Wildman–Crippen LogP) is 1.91. The molecule has 0 bridgehead atoms. The highest BCUT2D eigenvalue weighted by Crippen LogP contribution is 2.31. The Bertz CT molecular complexity index is 945. The van der Waals surface area contributed by atoms with E-state index in [1.54, 1.807) is 4.90 Å². The van der Waals surface area contributed by atoms with Gasteiger partial charge in [0.2, 0.25) is 11.8 Å². The van der Waals surface area contributed by atoms with E-state index in [9.17, 15) is 32.7 Å². The molecule has 0 spiro atoms. The highest BCUT2D eigenvalue weighted by molar-refractivity contribution is 5.82. The Hall–Kier alpha value is -3.31. The lowest BCUT2D eigenvalue weighted by Gasteiger charge is -2.32. The van der Waals surface area contributed by atoms with E-state index in [4.69, 9.17) is 0 Å². The van der Waals surface area contributed by atoms with Gasteiger partial charge < -0.3 is 26.0 Å². The van der Waals surface area contributed by atoms with Crippen molar-refractivity contribution in [2.24, 2.45) is 10.9 Å². The number of carboxylic acids is 1. The van der Waals surface area contributed by atoms with Crippen molar-refractivity contribution in [3.05, 3.63) is 35.4 Å². The fraction of sp³-hybridized carbons (Fsp3) is 0.565. The van der Waals surface area contributed by atoms with Crippen molar-refractivity contribution in [3.63, 3.8) is 0 Å². The second kappa shape index (κ2) is 11.9. The molecule has 1 fully saturated rings. The van der Waals surface area contributed by atoms with Crippen molar-refractivity contribution in [1.29, 1.82) is 0 Å². The fourth-order valence-electron chi connectivity index (χ4n) is 4.16. The number of aliphatic imine (C=N–C) groups is 1. The zero-order valence-corrected chi connectivity index (χ0v) is 19.2. The molecule has 2 heterocycles. The fourth-order valence-corrected chi connectivity index (χ4v) is 4.16. The van der Waals surface area contributed by atoms with E-state index in [0.29, 0.717) is 45.3 Å². The van der Waals surface area contributed by atoms with Crippen LogP contribution >= 0.6 is 0 Å². The summed E-state index contributed by atoms with van der Waals surface area (Å²) in [4.78, 5) is 42.5. The molecule has 1 atom stereocenters. The molecule has 192 valence electrons. The number of carboxylic acid groups (broad SMARTS) is 1. The van der Waals surface area contributed by atoms with Crippen molar-refractivity contribution in [1.82, 2.24) is 20.9 Å². The minimum atomic E-state index is -4.58. The van der Waals surface area contributed by atoms with Crippen LogP contribution in [0.15, 0.2) is 29.3 Å². The van der Waals surface area contributed by atoms with Crippen LogP contribution in [0.2, 0.25) is 0 Å². The van der Waals surface area contributed by atoms with Crippen LogP contribution < -0.4 is 16.0 Å². The number of benzene rings is 1. The standard InChI is InChI=1S/C23H30F3N5O4/c24-23(25,26)17-4-1-3-16(13-17)18(14-20(33)34)30-21(35)15-6-11-31(12-7-15)19(32)5-2-8-27-22-28-9-10-29-22/h1,3-4,13,15,18H,2,5-12,14H2,(H,30,35)(H,33,34)(H2,27,28,29). The molecular weight excluding hydrogens is 467 g/mol. The molecule has 1 unspecified atom stereocenters. The summed E-state index contributed by atoms with van der Waals surface area (Å²) in [5, 5.41) is 18.0. The summed E-state index contributed by atoms with van der Waals surface area (Å²) < 4.78 is 39.2. The summed E-state index contributed by atoms with van der Waals surface area (Å²) in [6.45, 7) is 2.95. The van der Waals surface area contributed by atoms with Crippen molar-refractivity contribution >= 4 is 23.7 Å². The molecule has 0 radical (unpaired) electrons. The molecule has 9 nitrogen and oxygen atoms in total. The van der Waals surface area contributed by atoms with Crippen LogP contribution in [-0.2, 0) is 20.6 Å². The Morgan fingerprint density at radius 1 is 1.23 bits per heavy atom. The first kappa shape index (κ1) is 26.3. The number of aliphatic carboxylic acids is 1. The Kier molecular flexibility index (Phi) is 8.94.